The van der Waals surface area contributed by atoms with E-state index in [1.165, 1.54) is 14.1 Å². The fourth-order valence-corrected chi connectivity index (χ4v) is 1.90. The predicted octanol–water partition coefficient (Wildman–Crippen LogP) is -0.130. The molecule has 1 aromatic rings. The molecule has 0 bridgehead atoms. The maximum absolute atomic E-state index is 11.5. The van der Waals surface area contributed by atoms with Gasteiger partial charge in [0.2, 0.25) is 27.2 Å². The topological polar surface area (TPSA) is 100 Å². The molecule has 1 rings (SSSR count). The van der Waals surface area contributed by atoms with Crippen molar-refractivity contribution in [1.82, 2.24) is 19.3 Å². The molecule has 0 amide bonds. The number of sulfonamides is 1. The van der Waals surface area contributed by atoms with Gasteiger partial charge in [-0.15, -0.1) is 0 Å². The molecule has 102 valence electrons. The summed E-state index contributed by atoms with van der Waals surface area (Å²) in [5.41, 5.74) is 0. The predicted molar refractivity (Wildman–Crippen MR) is 70.3 cm³/mol. The van der Waals surface area contributed by atoms with Crippen LogP contribution in [0, 0.1) is 0 Å². The van der Waals surface area contributed by atoms with Gasteiger partial charge in [-0.1, -0.05) is 0 Å². The van der Waals surface area contributed by atoms with Crippen molar-refractivity contribution in [2.24, 2.45) is 0 Å². The molecular formula is C8H15ClN6O2S. The molecule has 0 unspecified atom stereocenters. The van der Waals surface area contributed by atoms with Crippen LogP contribution in [-0.4, -0.2) is 61.1 Å². The van der Waals surface area contributed by atoms with Crippen LogP contribution in [0.5, 0.6) is 0 Å². The Bertz CT molecular complexity index is 506. The first-order valence-electron chi connectivity index (χ1n) is 5.08. The number of hydrogen-bond acceptors (Lipinski definition) is 7. The van der Waals surface area contributed by atoms with Crippen LogP contribution >= 0.6 is 11.6 Å². The average molecular weight is 295 g/mol. The van der Waals surface area contributed by atoms with Gasteiger partial charge in [0.1, 0.15) is 0 Å². The summed E-state index contributed by atoms with van der Waals surface area (Å²) in [6.07, 6.45) is 0. The van der Waals surface area contributed by atoms with Crippen LogP contribution in [0.4, 0.5) is 11.9 Å². The van der Waals surface area contributed by atoms with Gasteiger partial charge in [-0.25, -0.2) is 12.7 Å². The van der Waals surface area contributed by atoms with Gasteiger partial charge in [-0.3, -0.25) is 0 Å². The number of nitrogens with zero attached hydrogens (tertiary/aromatic N) is 4. The molecule has 1 heterocycles. The highest BCUT2D eigenvalue weighted by atomic mass is 35.5. The Kier molecular flexibility index (Phi) is 5.05. The van der Waals surface area contributed by atoms with Gasteiger partial charge in [-0.05, 0) is 11.6 Å². The number of anilines is 2. The molecule has 1 aromatic heterocycles. The van der Waals surface area contributed by atoms with E-state index in [0.29, 0.717) is 5.95 Å². The zero-order valence-corrected chi connectivity index (χ0v) is 11.9. The minimum absolute atomic E-state index is 0.0346. The van der Waals surface area contributed by atoms with Crippen molar-refractivity contribution in [3.63, 3.8) is 0 Å². The summed E-state index contributed by atoms with van der Waals surface area (Å²) in [5.74, 6) is 0.485. The van der Waals surface area contributed by atoms with E-state index < -0.39 is 10.0 Å². The van der Waals surface area contributed by atoms with Gasteiger partial charge in [-0.2, -0.15) is 15.0 Å². The highest BCUT2D eigenvalue weighted by Gasteiger charge is 2.13. The zero-order chi connectivity index (χ0) is 13.8. The van der Waals surface area contributed by atoms with Gasteiger partial charge in [0.25, 0.3) is 0 Å². The second-order valence-corrected chi connectivity index (χ2v) is 6.17. The highest BCUT2D eigenvalue weighted by molar-refractivity contribution is 7.89. The lowest BCUT2D eigenvalue weighted by Crippen LogP contribution is -2.28. The Morgan fingerprint density at radius 2 is 1.83 bits per heavy atom. The van der Waals surface area contributed by atoms with E-state index in [0.717, 1.165) is 4.31 Å². The molecule has 0 saturated carbocycles. The van der Waals surface area contributed by atoms with Crippen molar-refractivity contribution in [3.05, 3.63) is 5.28 Å². The van der Waals surface area contributed by atoms with Crippen molar-refractivity contribution in [1.29, 1.82) is 0 Å². The van der Waals surface area contributed by atoms with E-state index >= 15 is 0 Å². The number of halogens is 1. The Morgan fingerprint density at radius 1 is 1.22 bits per heavy atom. The van der Waals surface area contributed by atoms with Crippen molar-refractivity contribution >= 4 is 33.5 Å². The Balaban J connectivity index is 2.62. The summed E-state index contributed by atoms with van der Waals surface area (Å²) in [6.45, 7) is 0.185. The Hall–Kier alpha value is -1.19. The molecule has 0 spiro atoms. The van der Waals surface area contributed by atoms with Crippen molar-refractivity contribution < 1.29 is 8.42 Å². The van der Waals surface area contributed by atoms with E-state index in [9.17, 15) is 8.42 Å². The van der Waals surface area contributed by atoms with Crippen LogP contribution in [0.25, 0.3) is 0 Å². The Labute approximate surface area is 111 Å². The average Bonchev–Trinajstić information content (AvgIpc) is 2.27. The van der Waals surface area contributed by atoms with Gasteiger partial charge >= 0.3 is 0 Å². The molecule has 8 nitrogen and oxygen atoms in total. The molecule has 2 N–H and O–H groups in total. The van der Waals surface area contributed by atoms with E-state index in [1.54, 1.807) is 7.05 Å². The Morgan fingerprint density at radius 3 is 2.39 bits per heavy atom. The van der Waals surface area contributed by atoms with Crippen LogP contribution in [0.15, 0.2) is 0 Å². The van der Waals surface area contributed by atoms with E-state index in [4.69, 9.17) is 11.6 Å². The van der Waals surface area contributed by atoms with Crippen LogP contribution in [0.2, 0.25) is 5.28 Å². The molecule has 0 aromatic carbocycles. The molecule has 0 aliphatic heterocycles. The second kappa shape index (κ2) is 6.12. The molecule has 0 aliphatic carbocycles. The minimum atomic E-state index is -3.24. The van der Waals surface area contributed by atoms with Crippen LogP contribution < -0.4 is 10.6 Å². The summed E-state index contributed by atoms with van der Waals surface area (Å²) in [4.78, 5) is 11.6. The van der Waals surface area contributed by atoms with Gasteiger partial charge in [0, 0.05) is 27.7 Å². The lowest BCUT2D eigenvalue weighted by molar-refractivity contribution is 0.521. The first-order valence-corrected chi connectivity index (χ1v) is 7.07. The molecule has 10 heteroatoms. The standard InChI is InChI=1S/C8H15ClN6O2S/c1-10-7-12-6(9)13-8(14-7)11-4-5-18(16,17)15(2)3/h4-5H2,1-3H3,(H2,10,11,12,13,14). The first-order chi connectivity index (χ1) is 8.35. The van der Waals surface area contributed by atoms with Crippen LogP contribution in [0.1, 0.15) is 0 Å². The van der Waals surface area contributed by atoms with Gasteiger partial charge < -0.3 is 10.6 Å². The van der Waals surface area contributed by atoms with Crippen LogP contribution in [0.3, 0.4) is 0 Å². The number of rotatable bonds is 6. The summed E-state index contributed by atoms with van der Waals surface area (Å²) in [7, 11) is 1.36. The fourth-order valence-electron chi connectivity index (χ4n) is 1.02. The van der Waals surface area contributed by atoms with Gasteiger partial charge in [0.05, 0.1) is 5.75 Å². The first kappa shape index (κ1) is 14.9. The lowest BCUT2D eigenvalue weighted by atomic mass is 10.7. The number of nitrogens with one attached hydrogen (secondary N) is 2. The van der Waals surface area contributed by atoms with Crippen molar-refractivity contribution in [2.45, 2.75) is 0 Å². The third kappa shape index (κ3) is 4.24. The minimum Gasteiger partial charge on any atom is -0.357 e. The monoisotopic (exact) mass is 294 g/mol. The summed E-state index contributed by atoms with van der Waals surface area (Å²) in [5, 5.41) is 5.53. The van der Waals surface area contributed by atoms with Crippen LogP contribution in [-0.2, 0) is 10.0 Å². The number of hydrogen-bond donors (Lipinski definition) is 2. The quantitative estimate of drug-likeness (QED) is 0.754. The summed E-state index contributed by atoms with van der Waals surface area (Å²) >= 11 is 5.68. The van der Waals surface area contributed by atoms with Gasteiger partial charge in [0.15, 0.2) is 0 Å². The summed E-state index contributed by atoms with van der Waals surface area (Å²) < 4.78 is 24.2. The summed E-state index contributed by atoms with van der Waals surface area (Å²) in [6, 6.07) is 0. The van der Waals surface area contributed by atoms with E-state index in [1.807, 2.05) is 0 Å². The maximum Gasteiger partial charge on any atom is 0.228 e. The maximum atomic E-state index is 11.5. The van der Waals surface area contributed by atoms with E-state index in [2.05, 4.69) is 25.6 Å². The third-order valence-corrected chi connectivity index (χ3v) is 4.03. The fraction of sp³-hybridized carbons (Fsp3) is 0.625. The lowest BCUT2D eigenvalue weighted by Gasteiger charge is -2.11. The molecule has 0 saturated heterocycles. The molecular weight excluding hydrogens is 280 g/mol. The molecule has 0 aliphatic rings. The highest BCUT2D eigenvalue weighted by Crippen LogP contribution is 2.08. The second-order valence-electron chi connectivity index (χ2n) is 3.53. The zero-order valence-electron chi connectivity index (χ0n) is 10.3. The normalized spacial score (nSPS) is 11.6. The van der Waals surface area contributed by atoms with Crippen molar-refractivity contribution in [3.8, 4) is 0 Å². The molecule has 18 heavy (non-hydrogen) atoms. The SMILES string of the molecule is CNc1nc(Cl)nc(NCCS(=O)(=O)N(C)C)n1. The molecule has 0 atom stereocenters. The van der Waals surface area contributed by atoms with E-state index in [-0.39, 0.29) is 23.5 Å². The molecule has 0 radical (unpaired) electrons. The largest absolute Gasteiger partial charge is 0.357 e. The molecule has 0 fully saturated rings. The third-order valence-electron chi connectivity index (χ3n) is 2.03. The number of aromatic nitrogens is 3. The van der Waals surface area contributed by atoms with Crippen molar-refractivity contribution in [2.75, 3.05) is 44.1 Å². The smallest absolute Gasteiger partial charge is 0.228 e.